The Morgan fingerprint density at radius 1 is 0.938 bits per heavy atom. The summed E-state index contributed by atoms with van der Waals surface area (Å²) in [6.07, 6.45) is 1.80. The van der Waals surface area contributed by atoms with Gasteiger partial charge in [0, 0.05) is 0 Å². The van der Waals surface area contributed by atoms with Gasteiger partial charge in [0.2, 0.25) is 0 Å². The van der Waals surface area contributed by atoms with E-state index >= 15 is 0 Å². The van der Waals surface area contributed by atoms with Crippen LogP contribution in [0.25, 0.3) is 16.7 Å². The van der Waals surface area contributed by atoms with Crippen LogP contribution < -0.4 is 5.73 Å². The molecule has 0 bridgehead atoms. The Morgan fingerprint density at radius 2 is 1.69 bits per heavy atom. The maximum Gasteiger partial charge on any atom is 0.100 e. The molecule has 0 aliphatic heterocycles. The van der Waals surface area contributed by atoms with E-state index in [-0.39, 0.29) is 0 Å². The standard InChI is InChI=1S/C13H11N3/c14-10-5-1-3-7-12(10)16-9-15-11-6-2-4-8-13(11)16/h1-9H,14H2. The van der Waals surface area contributed by atoms with Crippen molar-refractivity contribution in [2.75, 3.05) is 5.73 Å². The molecular formula is C13H11N3. The van der Waals surface area contributed by atoms with Crippen molar-refractivity contribution < 1.29 is 0 Å². The number of nitrogens with two attached hydrogens (primary N) is 1. The zero-order valence-electron chi connectivity index (χ0n) is 8.67. The largest absolute Gasteiger partial charge is 0.397 e. The van der Waals surface area contributed by atoms with Crippen molar-refractivity contribution in [2.24, 2.45) is 0 Å². The Bertz CT molecular complexity index is 640. The summed E-state index contributed by atoms with van der Waals surface area (Å²) < 4.78 is 2.00. The minimum atomic E-state index is 0.755. The van der Waals surface area contributed by atoms with Gasteiger partial charge in [0.1, 0.15) is 6.33 Å². The second kappa shape index (κ2) is 3.38. The molecular weight excluding hydrogens is 198 g/mol. The minimum absolute atomic E-state index is 0.755. The molecule has 0 spiro atoms. The van der Waals surface area contributed by atoms with Gasteiger partial charge in [-0.2, -0.15) is 0 Å². The second-order valence-corrected chi connectivity index (χ2v) is 3.66. The van der Waals surface area contributed by atoms with Crippen molar-refractivity contribution in [1.29, 1.82) is 0 Å². The molecule has 1 heterocycles. The lowest BCUT2D eigenvalue weighted by atomic mass is 10.2. The summed E-state index contributed by atoms with van der Waals surface area (Å²) in [5, 5.41) is 0. The number of anilines is 1. The number of para-hydroxylation sites is 4. The summed E-state index contributed by atoms with van der Waals surface area (Å²) in [7, 11) is 0. The second-order valence-electron chi connectivity index (χ2n) is 3.66. The van der Waals surface area contributed by atoms with E-state index in [9.17, 15) is 0 Å². The third kappa shape index (κ3) is 1.26. The quantitative estimate of drug-likeness (QED) is 0.626. The fourth-order valence-corrected chi connectivity index (χ4v) is 1.86. The third-order valence-electron chi connectivity index (χ3n) is 2.65. The Labute approximate surface area is 93.1 Å². The number of fused-ring (bicyclic) bond motifs is 1. The molecule has 3 nitrogen and oxygen atoms in total. The number of benzene rings is 2. The summed E-state index contributed by atoms with van der Waals surface area (Å²) in [6.45, 7) is 0. The monoisotopic (exact) mass is 209 g/mol. The molecule has 3 heteroatoms. The summed E-state index contributed by atoms with van der Waals surface area (Å²) in [5.74, 6) is 0. The number of nitrogen functional groups attached to an aromatic ring is 1. The van der Waals surface area contributed by atoms with Crippen LogP contribution in [0, 0.1) is 0 Å². The zero-order chi connectivity index (χ0) is 11.0. The molecule has 0 saturated heterocycles. The van der Waals surface area contributed by atoms with Crippen molar-refractivity contribution in [1.82, 2.24) is 9.55 Å². The first-order valence-corrected chi connectivity index (χ1v) is 5.13. The van der Waals surface area contributed by atoms with Crippen molar-refractivity contribution in [3.8, 4) is 5.69 Å². The van der Waals surface area contributed by atoms with Crippen molar-refractivity contribution in [2.45, 2.75) is 0 Å². The van der Waals surface area contributed by atoms with Gasteiger partial charge in [-0.15, -0.1) is 0 Å². The lowest BCUT2D eigenvalue weighted by Crippen LogP contribution is -1.97. The Morgan fingerprint density at radius 3 is 2.56 bits per heavy atom. The van der Waals surface area contributed by atoms with Gasteiger partial charge in [0.05, 0.1) is 22.4 Å². The topological polar surface area (TPSA) is 43.8 Å². The number of hydrogen-bond donors (Lipinski definition) is 1. The fourth-order valence-electron chi connectivity index (χ4n) is 1.86. The Kier molecular flexibility index (Phi) is 1.90. The molecule has 2 aromatic carbocycles. The average molecular weight is 209 g/mol. The summed E-state index contributed by atoms with van der Waals surface area (Å²) in [4.78, 5) is 4.34. The molecule has 2 N–H and O–H groups in total. The van der Waals surface area contributed by atoms with Crippen LogP contribution in [0.3, 0.4) is 0 Å². The van der Waals surface area contributed by atoms with Gasteiger partial charge < -0.3 is 5.73 Å². The highest BCUT2D eigenvalue weighted by atomic mass is 15.1. The first-order chi connectivity index (χ1) is 7.86. The van der Waals surface area contributed by atoms with Crippen molar-refractivity contribution in [3.63, 3.8) is 0 Å². The molecule has 0 fully saturated rings. The highest BCUT2D eigenvalue weighted by Gasteiger charge is 2.05. The maximum absolute atomic E-state index is 5.95. The summed E-state index contributed by atoms with van der Waals surface area (Å²) in [5.41, 5.74) is 9.73. The van der Waals surface area contributed by atoms with Crippen LogP contribution >= 0.6 is 0 Å². The molecule has 16 heavy (non-hydrogen) atoms. The van der Waals surface area contributed by atoms with Crippen LogP contribution in [0.5, 0.6) is 0 Å². The number of aromatic nitrogens is 2. The molecule has 0 radical (unpaired) electrons. The normalized spacial score (nSPS) is 10.8. The number of hydrogen-bond acceptors (Lipinski definition) is 2. The Balaban J connectivity index is 2.31. The molecule has 1 aromatic heterocycles. The van der Waals surface area contributed by atoms with E-state index in [4.69, 9.17) is 5.73 Å². The van der Waals surface area contributed by atoms with E-state index in [1.165, 1.54) is 0 Å². The predicted molar refractivity (Wildman–Crippen MR) is 65.5 cm³/mol. The average Bonchev–Trinajstić information content (AvgIpc) is 2.74. The molecule has 78 valence electrons. The van der Waals surface area contributed by atoms with Gasteiger partial charge >= 0.3 is 0 Å². The lowest BCUT2D eigenvalue weighted by Gasteiger charge is -2.06. The third-order valence-corrected chi connectivity index (χ3v) is 2.65. The van der Waals surface area contributed by atoms with E-state index < -0.39 is 0 Å². The van der Waals surface area contributed by atoms with Gasteiger partial charge in [-0.3, -0.25) is 4.57 Å². The van der Waals surface area contributed by atoms with Gasteiger partial charge in [0.15, 0.2) is 0 Å². The van der Waals surface area contributed by atoms with Gasteiger partial charge in [0.25, 0.3) is 0 Å². The van der Waals surface area contributed by atoms with Gasteiger partial charge in [-0.25, -0.2) is 4.98 Å². The maximum atomic E-state index is 5.95. The van der Waals surface area contributed by atoms with Crippen LogP contribution in [0.2, 0.25) is 0 Å². The predicted octanol–water partition coefficient (Wildman–Crippen LogP) is 2.61. The van der Waals surface area contributed by atoms with Crippen molar-refractivity contribution >= 4 is 16.7 Å². The summed E-state index contributed by atoms with van der Waals surface area (Å²) >= 11 is 0. The fraction of sp³-hybridized carbons (Fsp3) is 0. The van der Waals surface area contributed by atoms with Crippen LogP contribution in [-0.2, 0) is 0 Å². The zero-order valence-corrected chi connectivity index (χ0v) is 8.67. The lowest BCUT2D eigenvalue weighted by molar-refractivity contribution is 1.10. The molecule has 0 unspecified atom stereocenters. The SMILES string of the molecule is Nc1ccccc1-n1cnc2ccccc21. The number of imidazole rings is 1. The molecule has 3 aromatic rings. The highest BCUT2D eigenvalue weighted by molar-refractivity contribution is 5.78. The van der Waals surface area contributed by atoms with Crippen LogP contribution in [0.1, 0.15) is 0 Å². The van der Waals surface area contributed by atoms with Gasteiger partial charge in [-0.05, 0) is 24.3 Å². The van der Waals surface area contributed by atoms with Crippen LogP contribution in [0.15, 0.2) is 54.9 Å². The number of nitrogens with zero attached hydrogens (tertiary/aromatic N) is 2. The van der Waals surface area contributed by atoms with Crippen LogP contribution in [-0.4, -0.2) is 9.55 Å². The molecule has 0 amide bonds. The van der Waals surface area contributed by atoms with E-state index in [0.717, 1.165) is 22.4 Å². The molecule has 0 aliphatic carbocycles. The van der Waals surface area contributed by atoms with E-state index in [1.807, 2.05) is 53.1 Å². The van der Waals surface area contributed by atoms with E-state index in [2.05, 4.69) is 4.98 Å². The molecule has 0 saturated carbocycles. The van der Waals surface area contributed by atoms with E-state index in [1.54, 1.807) is 6.33 Å². The van der Waals surface area contributed by atoms with Crippen LogP contribution in [0.4, 0.5) is 5.69 Å². The summed E-state index contributed by atoms with van der Waals surface area (Å²) in [6, 6.07) is 15.8. The smallest absolute Gasteiger partial charge is 0.100 e. The van der Waals surface area contributed by atoms with E-state index in [0.29, 0.717) is 0 Å². The first-order valence-electron chi connectivity index (χ1n) is 5.13. The number of rotatable bonds is 1. The first kappa shape index (κ1) is 8.97. The molecule has 0 atom stereocenters. The minimum Gasteiger partial charge on any atom is -0.397 e. The van der Waals surface area contributed by atoms with Crippen molar-refractivity contribution in [3.05, 3.63) is 54.9 Å². The van der Waals surface area contributed by atoms with Gasteiger partial charge in [-0.1, -0.05) is 24.3 Å². The highest BCUT2D eigenvalue weighted by Crippen LogP contribution is 2.21. The molecule has 3 rings (SSSR count). The Hall–Kier alpha value is -2.29. The molecule has 0 aliphatic rings.